The molecule has 0 rings (SSSR count). The smallest absolute Gasteiger partial charge is 0.244 e. The number of amides is 1. The Bertz CT molecular complexity index is 163. The first-order chi connectivity index (χ1) is 4.16. The number of hydrogen-bond donors (Lipinski definition) is 2. The fourth-order valence-electron chi connectivity index (χ4n) is 0.270. The van der Waals surface area contributed by atoms with E-state index in [9.17, 15) is 4.79 Å². The Balaban J connectivity index is 4.00. The molecule has 0 heterocycles. The number of nitrogens with zero attached hydrogens (tertiary/aromatic N) is 2. The van der Waals surface area contributed by atoms with Gasteiger partial charge in [-0.2, -0.15) is 4.99 Å². The molecule has 0 aromatic carbocycles. The molecule has 0 aliphatic carbocycles. The second-order valence-electron chi connectivity index (χ2n) is 1.30. The third-order valence-electron chi connectivity index (χ3n) is 0.477. The van der Waals surface area contributed by atoms with Crippen LogP contribution in [0.15, 0.2) is 9.39 Å². The molecule has 0 fully saturated rings. The molecule has 0 saturated carbocycles. The fourth-order valence-corrected chi connectivity index (χ4v) is 0.388. The van der Waals surface area contributed by atoms with Crippen molar-refractivity contribution in [2.75, 3.05) is 0 Å². The van der Waals surface area contributed by atoms with Crippen LogP contribution in [0.3, 0.4) is 0 Å². The number of carbonyl (C=O) groups is 1. The average Bonchev–Trinajstić information content (AvgIpc) is 1.63. The zero-order valence-electron chi connectivity index (χ0n) is 4.90. The highest BCUT2D eigenvalue weighted by molar-refractivity contribution is 7.79. The van der Waals surface area contributed by atoms with Gasteiger partial charge in [-0.25, -0.2) is 4.40 Å². The Labute approximate surface area is 58.4 Å². The first-order valence-electron chi connectivity index (χ1n) is 2.19. The highest BCUT2D eigenvalue weighted by Gasteiger charge is 1.86. The van der Waals surface area contributed by atoms with Gasteiger partial charge in [0.2, 0.25) is 5.91 Å². The standard InChI is InChI=1S/C4H7N3OS/c1-3(8)7-4(5)2-6-9/h2,9H,1H3,(H2,5,7,8)/b6-2-. The van der Waals surface area contributed by atoms with Gasteiger partial charge in [-0.05, 0) is 12.8 Å². The number of nitrogens with two attached hydrogens (primary N) is 1. The molecule has 0 aromatic heterocycles. The second kappa shape index (κ2) is 4.08. The van der Waals surface area contributed by atoms with Crippen molar-refractivity contribution in [3.05, 3.63) is 0 Å². The minimum atomic E-state index is -0.347. The summed E-state index contributed by atoms with van der Waals surface area (Å²) in [6, 6.07) is 0. The maximum atomic E-state index is 10.2. The van der Waals surface area contributed by atoms with E-state index in [1.165, 1.54) is 13.1 Å². The van der Waals surface area contributed by atoms with E-state index in [4.69, 9.17) is 5.73 Å². The number of thiol groups is 1. The van der Waals surface area contributed by atoms with Crippen LogP contribution in [0.5, 0.6) is 0 Å². The van der Waals surface area contributed by atoms with Gasteiger partial charge in [0, 0.05) is 6.92 Å². The highest BCUT2D eigenvalue weighted by atomic mass is 32.1. The zero-order chi connectivity index (χ0) is 7.28. The molecule has 0 bridgehead atoms. The van der Waals surface area contributed by atoms with E-state index in [1.807, 2.05) is 0 Å². The van der Waals surface area contributed by atoms with E-state index < -0.39 is 0 Å². The molecule has 9 heavy (non-hydrogen) atoms. The van der Waals surface area contributed by atoms with Gasteiger partial charge in [0.15, 0.2) is 0 Å². The average molecular weight is 145 g/mol. The molecular weight excluding hydrogens is 138 g/mol. The largest absolute Gasteiger partial charge is 0.382 e. The van der Waals surface area contributed by atoms with E-state index in [-0.39, 0.29) is 11.7 Å². The Morgan fingerprint density at radius 1 is 1.78 bits per heavy atom. The van der Waals surface area contributed by atoms with Crippen LogP contribution < -0.4 is 5.73 Å². The zero-order valence-corrected chi connectivity index (χ0v) is 5.80. The van der Waals surface area contributed by atoms with Crippen LogP contribution in [0, 0.1) is 0 Å². The quantitative estimate of drug-likeness (QED) is 0.305. The predicted molar refractivity (Wildman–Crippen MR) is 39.8 cm³/mol. The third kappa shape index (κ3) is 5.02. The van der Waals surface area contributed by atoms with Gasteiger partial charge in [0.1, 0.15) is 5.84 Å². The summed E-state index contributed by atoms with van der Waals surface area (Å²) in [5.41, 5.74) is 5.12. The summed E-state index contributed by atoms with van der Waals surface area (Å²) in [5.74, 6) is -0.279. The predicted octanol–water partition coefficient (Wildman–Crippen LogP) is -0.194. The van der Waals surface area contributed by atoms with Crippen molar-refractivity contribution in [1.29, 1.82) is 0 Å². The van der Waals surface area contributed by atoms with Crippen molar-refractivity contribution in [2.45, 2.75) is 6.92 Å². The summed E-state index contributed by atoms with van der Waals surface area (Å²) < 4.78 is 3.25. The topological polar surface area (TPSA) is 67.8 Å². The maximum absolute atomic E-state index is 10.2. The highest BCUT2D eigenvalue weighted by Crippen LogP contribution is 1.73. The van der Waals surface area contributed by atoms with Crippen LogP contribution in [0.2, 0.25) is 0 Å². The summed E-state index contributed by atoms with van der Waals surface area (Å²) >= 11 is 3.48. The van der Waals surface area contributed by atoms with Crippen LogP contribution in [-0.4, -0.2) is 18.0 Å². The Kier molecular flexibility index (Phi) is 3.70. The second-order valence-corrected chi connectivity index (χ2v) is 1.53. The molecule has 0 aliphatic rings. The molecule has 0 radical (unpaired) electrons. The first-order valence-corrected chi connectivity index (χ1v) is 2.59. The molecule has 0 unspecified atom stereocenters. The van der Waals surface area contributed by atoms with Gasteiger partial charge in [0.25, 0.3) is 0 Å². The molecule has 0 spiro atoms. The Morgan fingerprint density at radius 2 is 2.33 bits per heavy atom. The van der Waals surface area contributed by atoms with Gasteiger partial charge in [-0.1, -0.05) is 0 Å². The monoisotopic (exact) mass is 145 g/mol. The van der Waals surface area contributed by atoms with E-state index in [0.29, 0.717) is 0 Å². The SMILES string of the molecule is CC(=O)N=C(N)/C=N\S. The maximum Gasteiger partial charge on any atom is 0.244 e. The number of amidine groups is 1. The molecule has 2 N–H and O–H groups in total. The summed E-state index contributed by atoms with van der Waals surface area (Å²) in [6.45, 7) is 1.30. The minimum absolute atomic E-state index is 0.0671. The summed E-state index contributed by atoms with van der Waals surface area (Å²) in [6.07, 6.45) is 1.19. The van der Waals surface area contributed by atoms with Crippen molar-refractivity contribution in [3.63, 3.8) is 0 Å². The lowest BCUT2D eigenvalue weighted by atomic mass is 10.6. The van der Waals surface area contributed by atoms with E-state index in [0.717, 1.165) is 0 Å². The first kappa shape index (κ1) is 8.16. The van der Waals surface area contributed by atoms with Crippen LogP contribution in [0.25, 0.3) is 0 Å². The molecule has 0 aromatic rings. The normalized spacial score (nSPS) is 12.4. The van der Waals surface area contributed by atoms with Crippen molar-refractivity contribution in [3.8, 4) is 0 Å². The van der Waals surface area contributed by atoms with Crippen molar-refractivity contribution < 1.29 is 4.79 Å². The van der Waals surface area contributed by atoms with Crippen LogP contribution in [-0.2, 0) is 4.79 Å². The number of aliphatic imine (C=N–C) groups is 1. The Hall–Kier alpha value is -0.840. The molecule has 1 amide bonds. The molecule has 5 heteroatoms. The van der Waals surface area contributed by atoms with Crippen LogP contribution >= 0.6 is 12.8 Å². The molecule has 50 valence electrons. The van der Waals surface area contributed by atoms with E-state index in [1.54, 1.807) is 0 Å². The number of hydrogen-bond acceptors (Lipinski definition) is 3. The van der Waals surface area contributed by atoms with Crippen LogP contribution in [0.1, 0.15) is 6.92 Å². The van der Waals surface area contributed by atoms with Gasteiger partial charge < -0.3 is 5.73 Å². The molecule has 0 aliphatic heterocycles. The van der Waals surface area contributed by atoms with Crippen LogP contribution in [0.4, 0.5) is 0 Å². The van der Waals surface area contributed by atoms with Gasteiger partial charge in [0.05, 0.1) is 6.21 Å². The lowest BCUT2D eigenvalue weighted by Crippen LogP contribution is -2.14. The van der Waals surface area contributed by atoms with Crippen molar-refractivity contribution in [2.24, 2.45) is 15.1 Å². The van der Waals surface area contributed by atoms with Crippen molar-refractivity contribution >= 4 is 30.8 Å². The lowest BCUT2D eigenvalue weighted by molar-refractivity contribution is -0.115. The summed E-state index contributed by atoms with van der Waals surface area (Å²) in [4.78, 5) is 13.5. The minimum Gasteiger partial charge on any atom is -0.382 e. The van der Waals surface area contributed by atoms with Gasteiger partial charge in [-0.15, -0.1) is 0 Å². The van der Waals surface area contributed by atoms with Gasteiger partial charge >= 0.3 is 0 Å². The molecular formula is C4H7N3OS. The Morgan fingerprint density at radius 3 is 2.67 bits per heavy atom. The number of carbonyl (C=O) groups excluding carboxylic acids is 1. The summed E-state index contributed by atoms with van der Waals surface area (Å²) in [7, 11) is 0. The van der Waals surface area contributed by atoms with E-state index >= 15 is 0 Å². The summed E-state index contributed by atoms with van der Waals surface area (Å²) in [5, 5.41) is 0. The third-order valence-corrected chi connectivity index (χ3v) is 0.592. The molecule has 0 atom stereocenters. The van der Waals surface area contributed by atoms with Crippen molar-refractivity contribution in [1.82, 2.24) is 0 Å². The molecule has 0 saturated heterocycles. The lowest BCUT2D eigenvalue weighted by Gasteiger charge is -1.84. The van der Waals surface area contributed by atoms with E-state index in [2.05, 4.69) is 22.2 Å². The number of rotatable bonds is 1. The molecule has 4 nitrogen and oxygen atoms in total. The fraction of sp³-hybridized carbons (Fsp3) is 0.250. The van der Waals surface area contributed by atoms with Gasteiger partial charge in [-0.3, -0.25) is 4.79 Å².